The average Bonchev–Trinajstić information content (AvgIpc) is 3.08. The van der Waals surface area contributed by atoms with Gasteiger partial charge in [0.25, 0.3) is 0 Å². The Morgan fingerprint density at radius 2 is 1.48 bits per heavy atom. The van der Waals surface area contributed by atoms with E-state index in [1.807, 2.05) is 59.7 Å². The molecule has 0 aromatic carbocycles. The molecule has 0 saturated carbocycles. The SMILES string of the molecule is CC1=C(C)SC(=C2SC(C)=C(/C=N/N=C/c3ccccn3)S2)S1. The molecule has 3 heterocycles. The van der Waals surface area contributed by atoms with E-state index in [4.69, 9.17) is 0 Å². The van der Waals surface area contributed by atoms with E-state index in [2.05, 4.69) is 36.0 Å². The minimum Gasteiger partial charge on any atom is -0.255 e. The Bertz CT molecular complexity index is 745. The van der Waals surface area contributed by atoms with Crippen LogP contribution in [0.15, 0.2) is 62.7 Å². The molecular weight excluding hydrogens is 362 g/mol. The summed E-state index contributed by atoms with van der Waals surface area (Å²) in [6, 6.07) is 5.72. The van der Waals surface area contributed by atoms with Gasteiger partial charge < -0.3 is 0 Å². The predicted molar refractivity (Wildman–Crippen MR) is 109 cm³/mol. The summed E-state index contributed by atoms with van der Waals surface area (Å²) in [6.45, 7) is 6.49. The van der Waals surface area contributed by atoms with Crippen LogP contribution in [-0.4, -0.2) is 17.4 Å². The smallest absolute Gasteiger partial charge is 0.0831 e. The number of hydrogen-bond donors (Lipinski definition) is 0. The molecule has 118 valence electrons. The van der Waals surface area contributed by atoms with Crippen molar-refractivity contribution < 1.29 is 0 Å². The predicted octanol–water partition coefficient (Wildman–Crippen LogP) is 6.06. The van der Waals surface area contributed by atoms with E-state index in [1.54, 1.807) is 24.2 Å². The summed E-state index contributed by atoms with van der Waals surface area (Å²) in [4.78, 5) is 9.42. The highest BCUT2D eigenvalue weighted by molar-refractivity contribution is 8.34. The second kappa shape index (κ2) is 7.79. The molecule has 0 aliphatic carbocycles. The monoisotopic (exact) mass is 377 g/mol. The number of nitrogens with zero attached hydrogens (tertiary/aromatic N) is 3. The first-order valence-corrected chi connectivity index (χ1v) is 10.2. The first-order valence-electron chi connectivity index (χ1n) is 6.95. The summed E-state index contributed by atoms with van der Waals surface area (Å²) in [5.41, 5.74) is 0.808. The first-order chi connectivity index (χ1) is 11.1. The van der Waals surface area contributed by atoms with Crippen LogP contribution in [0, 0.1) is 0 Å². The van der Waals surface area contributed by atoms with Crippen molar-refractivity contribution in [3.63, 3.8) is 0 Å². The lowest BCUT2D eigenvalue weighted by atomic mass is 10.4. The van der Waals surface area contributed by atoms with Crippen LogP contribution in [0.5, 0.6) is 0 Å². The molecule has 3 nitrogen and oxygen atoms in total. The van der Waals surface area contributed by atoms with Crippen LogP contribution in [0.4, 0.5) is 0 Å². The highest BCUT2D eigenvalue weighted by Gasteiger charge is 2.25. The van der Waals surface area contributed by atoms with E-state index in [1.165, 1.54) is 28.1 Å². The molecular formula is C16H15N3S4. The van der Waals surface area contributed by atoms with Crippen LogP contribution < -0.4 is 0 Å². The second-order valence-electron chi connectivity index (χ2n) is 4.76. The molecule has 0 radical (unpaired) electrons. The topological polar surface area (TPSA) is 37.6 Å². The Labute approximate surface area is 153 Å². The molecule has 7 heteroatoms. The van der Waals surface area contributed by atoms with Crippen molar-refractivity contribution >= 4 is 59.5 Å². The number of allylic oxidation sites excluding steroid dienone is 4. The van der Waals surface area contributed by atoms with E-state index in [0.717, 1.165) is 5.69 Å². The molecule has 0 saturated heterocycles. The van der Waals surface area contributed by atoms with Crippen LogP contribution >= 0.6 is 47.0 Å². The molecule has 0 fully saturated rings. The van der Waals surface area contributed by atoms with Crippen molar-refractivity contribution in [2.45, 2.75) is 20.8 Å². The van der Waals surface area contributed by atoms with Crippen LogP contribution in [-0.2, 0) is 0 Å². The van der Waals surface area contributed by atoms with Crippen molar-refractivity contribution in [3.8, 4) is 0 Å². The third-order valence-corrected chi connectivity index (χ3v) is 8.78. The van der Waals surface area contributed by atoms with Gasteiger partial charge in [0.2, 0.25) is 0 Å². The summed E-state index contributed by atoms with van der Waals surface area (Å²) in [5.74, 6) is 0. The summed E-state index contributed by atoms with van der Waals surface area (Å²) in [5, 5.41) is 8.23. The van der Waals surface area contributed by atoms with Gasteiger partial charge in [0, 0.05) is 16.0 Å². The lowest BCUT2D eigenvalue weighted by Gasteiger charge is -2.00. The Kier molecular flexibility index (Phi) is 5.74. The molecule has 1 aromatic heterocycles. The molecule has 0 atom stereocenters. The van der Waals surface area contributed by atoms with Crippen LogP contribution in [0.1, 0.15) is 26.5 Å². The van der Waals surface area contributed by atoms with Crippen LogP contribution in [0.3, 0.4) is 0 Å². The van der Waals surface area contributed by atoms with Gasteiger partial charge in [-0.15, -0.1) is 0 Å². The van der Waals surface area contributed by atoms with Gasteiger partial charge in [0.15, 0.2) is 0 Å². The van der Waals surface area contributed by atoms with E-state index in [-0.39, 0.29) is 0 Å². The van der Waals surface area contributed by atoms with Gasteiger partial charge in [-0.05, 0) is 42.7 Å². The van der Waals surface area contributed by atoms with Crippen molar-refractivity contribution in [2.24, 2.45) is 10.2 Å². The van der Waals surface area contributed by atoms with Gasteiger partial charge in [-0.3, -0.25) is 4.98 Å². The van der Waals surface area contributed by atoms with Gasteiger partial charge in [-0.25, -0.2) is 0 Å². The summed E-state index contributed by atoms with van der Waals surface area (Å²) >= 11 is 7.35. The largest absolute Gasteiger partial charge is 0.255 e. The number of thioether (sulfide) groups is 4. The third-order valence-electron chi connectivity index (χ3n) is 3.07. The van der Waals surface area contributed by atoms with E-state index in [9.17, 15) is 0 Å². The fourth-order valence-electron chi connectivity index (χ4n) is 1.74. The molecule has 0 amide bonds. The molecule has 0 unspecified atom stereocenters. The maximum Gasteiger partial charge on any atom is 0.0831 e. The van der Waals surface area contributed by atoms with E-state index in [0.29, 0.717) is 0 Å². The molecule has 1 aromatic rings. The standard InChI is InChI=1S/C16H15N3S4/c1-10-11(2)21-15(20-10)16-22-12(3)14(23-16)9-19-18-8-13-6-4-5-7-17-13/h4-9H,1-3H3/b18-8+,19-9+. The van der Waals surface area contributed by atoms with Crippen molar-refractivity contribution in [1.29, 1.82) is 0 Å². The van der Waals surface area contributed by atoms with Crippen molar-refractivity contribution in [3.05, 3.63) is 58.2 Å². The Balaban J connectivity index is 1.63. The van der Waals surface area contributed by atoms with Crippen LogP contribution in [0.2, 0.25) is 0 Å². The van der Waals surface area contributed by atoms with Gasteiger partial charge in [0.05, 0.1) is 26.6 Å². The Morgan fingerprint density at radius 3 is 2.17 bits per heavy atom. The Hall–Kier alpha value is -0.890. The molecule has 0 N–H and O–H groups in total. The molecule has 2 aliphatic rings. The molecule has 3 rings (SSSR count). The Morgan fingerprint density at radius 1 is 0.826 bits per heavy atom. The minimum atomic E-state index is 0.808. The third kappa shape index (κ3) is 4.35. The number of hydrogen-bond acceptors (Lipinski definition) is 7. The number of pyridine rings is 1. The molecule has 23 heavy (non-hydrogen) atoms. The lowest BCUT2D eigenvalue weighted by Crippen LogP contribution is -1.84. The van der Waals surface area contributed by atoms with Crippen molar-refractivity contribution in [2.75, 3.05) is 0 Å². The van der Waals surface area contributed by atoms with E-state index < -0.39 is 0 Å². The highest BCUT2D eigenvalue weighted by Crippen LogP contribution is 2.59. The number of rotatable bonds is 3. The van der Waals surface area contributed by atoms with Gasteiger partial charge in [-0.2, -0.15) is 10.2 Å². The summed E-state index contributed by atoms with van der Waals surface area (Å²) in [7, 11) is 0. The molecule has 0 bridgehead atoms. The zero-order valence-corrected chi connectivity index (χ0v) is 16.2. The minimum absolute atomic E-state index is 0.808. The maximum atomic E-state index is 4.18. The summed E-state index contributed by atoms with van der Waals surface area (Å²) < 4.78 is 2.73. The normalized spacial score (nSPS) is 19.3. The van der Waals surface area contributed by atoms with E-state index >= 15 is 0 Å². The molecule has 0 spiro atoms. The zero-order chi connectivity index (χ0) is 16.2. The highest BCUT2D eigenvalue weighted by atomic mass is 32.2. The summed E-state index contributed by atoms with van der Waals surface area (Å²) in [6.07, 6.45) is 5.24. The fraction of sp³-hybridized carbons (Fsp3) is 0.188. The van der Waals surface area contributed by atoms with Gasteiger partial charge in [-0.1, -0.05) is 53.1 Å². The fourth-order valence-corrected chi connectivity index (χ4v) is 7.02. The average molecular weight is 378 g/mol. The quantitative estimate of drug-likeness (QED) is 0.473. The van der Waals surface area contributed by atoms with Gasteiger partial charge >= 0.3 is 0 Å². The lowest BCUT2D eigenvalue weighted by molar-refractivity contribution is 1.24. The zero-order valence-electron chi connectivity index (χ0n) is 12.9. The first kappa shape index (κ1) is 17.0. The molecule has 2 aliphatic heterocycles. The maximum absolute atomic E-state index is 4.18. The van der Waals surface area contributed by atoms with Crippen molar-refractivity contribution in [1.82, 2.24) is 4.98 Å². The number of aromatic nitrogens is 1. The van der Waals surface area contributed by atoms with Gasteiger partial charge in [0.1, 0.15) is 0 Å². The second-order valence-corrected chi connectivity index (χ2v) is 10.0. The van der Waals surface area contributed by atoms with Crippen LogP contribution in [0.25, 0.3) is 0 Å².